The third kappa shape index (κ3) is 8.60. The summed E-state index contributed by atoms with van der Waals surface area (Å²) in [4.78, 5) is 17.8. The van der Waals surface area contributed by atoms with Gasteiger partial charge in [-0.3, -0.25) is 4.57 Å². The Morgan fingerprint density at radius 1 is 0.912 bits per heavy atom. The van der Waals surface area contributed by atoms with Gasteiger partial charge in [0.25, 0.3) is 0 Å². The van der Waals surface area contributed by atoms with Gasteiger partial charge in [-0.05, 0) is 80.1 Å². The van der Waals surface area contributed by atoms with Gasteiger partial charge in [0.05, 0.1) is 6.16 Å². The minimum absolute atomic E-state index is 0.0845. The summed E-state index contributed by atoms with van der Waals surface area (Å²) in [6, 6.07) is 23.4. The van der Waals surface area contributed by atoms with Crippen LogP contribution in [0.4, 0.5) is 0 Å². The van der Waals surface area contributed by atoms with Gasteiger partial charge in [0.2, 0.25) is 0 Å². The quantitative estimate of drug-likeness (QED) is 0.213. The number of nitrogens with one attached hydrogen (secondary N) is 1. The highest BCUT2D eigenvalue weighted by Gasteiger charge is 2.12. The first-order chi connectivity index (χ1) is 16.2. The number of rotatable bonds is 9. The predicted molar refractivity (Wildman–Crippen MR) is 140 cm³/mol. The molecule has 178 valence electrons. The van der Waals surface area contributed by atoms with Crippen LogP contribution in [0.5, 0.6) is 0 Å². The summed E-state index contributed by atoms with van der Waals surface area (Å²) in [6.07, 6.45) is 1.24. The average Bonchev–Trinajstić information content (AvgIpc) is 2.79. The zero-order chi connectivity index (χ0) is 24.6. The predicted octanol–water partition coefficient (Wildman–Crippen LogP) is 5.65. The summed E-state index contributed by atoms with van der Waals surface area (Å²) in [5, 5.41) is 3.23. The normalized spacial score (nSPS) is 12.1. The topological polar surface area (TPSA) is 69.6 Å². The molecular weight excluding hydrogens is 441 g/mol. The van der Waals surface area contributed by atoms with E-state index in [0.29, 0.717) is 19.5 Å². The van der Waals surface area contributed by atoms with Crippen LogP contribution in [0.25, 0.3) is 0 Å². The standard InChI is InChI=1S/C29H34NO3P/c1-22-6-4-7-28(18-22)29(20-27-9-8-23(2)24(3)19-27)15-14-25-10-12-26(13-11-25)21-30-16-5-17-34(31,32)33/h4,6-13,18-19,29-30H,5,16-17,20-21H2,1-3H3,(H2,31,32,33). The average molecular weight is 476 g/mol. The number of benzene rings is 3. The van der Waals surface area contributed by atoms with Gasteiger partial charge in [-0.1, -0.05) is 72.0 Å². The first kappa shape index (κ1) is 25.9. The van der Waals surface area contributed by atoms with Crippen LogP contribution in [0.3, 0.4) is 0 Å². The van der Waals surface area contributed by atoms with Crippen molar-refractivity contribution in [1.82, 2.24) is 5.32 Å². The van der Waals surface area contributed by atoms with Crippen LogP contribution in [-0.2, 0) is 17.5 Å². The smallest absolute Gasteiger partial charge is 0.324 e. The van der Waals surface area contributed by atoms with Crippen molar-refractivity contribution in [3.63, 3.8) is 0 Å². The van der Waals surface area contributed by atoms with Gasteiger partial charge in [-0.25, -0.2) is 0 Å². The second-order valence-electron chi connectivity index (χ2n) is 8.97. The van der Waals surface area contributed by atoms with Crippen LogP contribution in [0, 0.1) is 32.6 Å². The van der Waals surface area contributed by atoms with E-state index in [1.807, 2.05) is 24.3 Å². The Balaban J connectivity index is 1.68. The first-order valence-corrected chi connectivity index (χ1v) is 13.5. The monoisotopic (exact) mass is 475 g/mol. The number of hydrogen-bond acceptors (Lipinski definition) is 2. The largest absolute Gasteiger partial charge is 0.325 e. The Morgan fingerprint density at radius 2 is 1.65 bits per heavy atom. The molecule has 0 amide bonds. The molecular formula is C29H34NO3P. The second kappa shape index (κ2) is 12.2. The molecule has 4 nitrogen and oxygen atoms in total. The van der Waals surface area contributed by atoms with E-state index in [0.717, 1.165) is 17.5 Å². The molecule has 34 heavy (non-hydrogen) atoms. The van der Waals surface area contributed by atoms with Crippen molar-refractivity contribution in [3.05, 3.63) is 106 Å². The first-order valence-electron chi connectivity index (χ1n) is 11.7. The molecule has 0 radical (unpaired) electrons. The van der Waals surface area contributed by atoms with E-state index in [9.17, 15) is 4.57 Å². The van der Waals surface area contributed by atoms with Crippen LogP contribution in [-0.4, -0.2) is 22.5 Å². The molecule has 1 atom stereocenters. The maximum atomic E-state index is 10.9. The van der Waals surface area contributed by atoms with Gasteiger partial charge in [0.15, 0.2) is 0 Å². The molecule has 3 aromatic rings. The van der Waals surface area contributed by atoms with Gasteiger partial charge < -0.3 is 15.1 Å². The van der Waals surface area contributed by atoms with E-state index >= 15 is 0 Å². The molecule has 0 spiro atoms. The Bertz CT molecular complexity index is 1200. The molecule has 5 heteroatoms. The molecule has 0 saturated heterocycles. The van der Waals surface area contributed by atoms with Crippen molar-refractivity contribution < 1.29 is 14.4 Å². The van der Waals surface area contributed by atoms with Gasteiger partial charge in [0.1, 0.15) is 0 Å². The maximum Gasteiger partial charge on any atom is 0.325 e. The third-order valence-corrected chi connectivity index (χ3v) is 6.83. The SMILES string of the molecule is Cc1cccc(C(C#Cc2ccc(CNCCCP(=O)(O)O)cc2)Cc2ccc(C)c(C)c2)c1. The molecule has 3 aromatic carbocycles. The fourth-order valence-electron chi connectivity index (χ4n) is 3.82. The van der Waals surface area contributed by atoms with E-state index in [2.05, 4.69) is 80.4 Å². The molecule has 0 aromatic heterocycles. The molecule has 0 aliphatic carbocycles. The van der Waals surface area contributed by atoms with E-state index in [-0.39, 0.29) is 12.1 Å². The van der Waals surface area contributed by atoms with Crippen LogP contribution in [0.15, 0.2) is 66.7 Å². The van der Waals surface area contributed by atoms with Crippen molar-refractivity contribution >= 4 is 7.60 Å². The lowest BCUT2D eigenvalue weighted by atomic mass is 9.90. The molecule has 3 rings (SSSR count). The van der Waals surface area contributed by atoms with E-state index in [1.165, 1.54) is 27.8 Å². The Hall–Kier alpha value is -2.67. The minimum atomic E-state index is -3.91. The molecule has 0 heterocycles. The lowest BCUT2D eigenvalue weighted by molar-refractivity contribution is 0.371. The molecule has 1 unspecified atom stereocenters. The summed E-state index contributed by atoms with van der Waals surface area (Å²) in [5.41, 5.74) is 8.47. The van der Waals surface area contributed by atoms with Gasteiger partial charge >= 0.3 is 7.60 Å². The highest BCUT2D eigenvalue weighted by atomic mass is 31.2. The van der Waals surface area contributed by atoms with Crippen molar-refractivity contribution in [3.8, 4) is 11.8 Å². The van der Waals surface area contributed by atoms with Crippen molar-refractivity contribution in [2.24, 2.45) is 0 Å². The van der Waals surface area contributed by atoms with Crippen molar-refractivity contribution in [2.75, 3.05) is 12.7 Å². The molecule has 3 N–H and O–H groups in total. The lowest BCUT2D eigenvalue weighted by Gasteiger charge is -2.13. The zero-order valence-electron chi connectivity index (χ0n) is 20.2. The second-order valence-corrected chi connectivity index (χ2v) is 10.8. The number of hydrogen-bond donors (Lipinski definition) is 3. The van der Waals surface area contributed by atoms with Crippen molar-refractivity contribution in [1.29, 1.82) is 0 Å². The molecule has 0 aliphatic rings. The minimum Gasteiger partial charge on any atom is -0.324 e. The Morgan fingerprint density at radius 3 is 2.32 bits per heavy atom. The van der Waals surface area contributed by atoms with Gasteiger partial charge in [-0.15, -0.1) is 0 Å². The number of aryl methyl sites for hydroxylation is 3. The molecule has 0 fully saturated rings. The van der Waals surface area contributed by atoms with Gasteiger partial charge in [-0.2, -0.15) is 0 Å². The Labute approximate surface area is 203 Å². The highest BCUT2D eigenvalue weighted by Crippen LogP contribution is 2.34. The third-order valence-electron chi connectivity index (χ3n) is 5.93. The van der Waals surface area contributed by atoms with E-state index in [1.54, 1.807) is 0 Å². The van der Waals surface area contributed by atoms with E-state index in [4.69, 9.17) is 9.79 Å². The Kier molecular flexibility index (Phi) is 9.28. The maximum absolute atomic E-state index is 10.9. The molecule has 0 bridgehead atoms. The van der Waals surface area contributed by atoms with Gasteiger partial charge in [0, 0.05) is 18.0 Å². The summed E-state index contributed by atoms with van der Waals surface area (Å²) in [7, 11) is -3.91. The van der Waals surface area contributed by atoms with Crippen LogP contribution < -0.4 is 5.32 Å². The summed E-state index contributed by atoms with van der Waals surface area (Å²) in [5.74, 6) is 7.00. The summed E-state index contributed by atoms with van der Waals surface area (Å²) in [6.45, 7) is 7.64. The van der Waals surface area contributed by atoms with Crippen LogP contribution in [0.2, 0.25) is 0 Å². The lowest BCUT2D eigenvalue weighted by Crippen LogP contribution is -2.15. The fourth-order valence-corrected chi connectivity index (χ4v) is 4.39. The van der Waals surface area contributed by atoms with E-state index < -0.39 is 7.60 Å². The van der Waals surface area contributed by atoms with Crippen LogP contribution in [0.1, 0.15) is 51.3 Å². The molecule has 0 aliphatic heterocycles. The summed E-state index contributed by atoms with van der Waals surface area (Å²) >= 11 is 0. The van der Waals surface area contributed by atoms with Crippen molar-refractivity contribution in [2.45, 2.75) is 46.1 Å². The summed E-state index contributed by atoms with van der Waals surface area (Å²) < 4.78 is 10.9. The van der Waals surface area contributed by atoms with Crippen LogP contribution >= 0.6 is 7.60 Å². The highest BCUT2D eigenvalue weighted by molar-refractivity contribution is 7.51. The fraction of sp³-hybridized carbons (Fsp3) is 0.310. The zero-order valence-corrected chi connectivity index (χ0v) is 21.1. The molecule has 0 saturated carbocycles.